The fraction of sp³-hybridized carbons (Fsp3) is 0. The van der Waals surface area contributed by atoms with Crippen molar-refractivity contribution in [3.8, 4) is 5.69 Å². The highest BCUT2D eigenvalue weighted by atomic mass is 31.2. The molecule has 0 bridgehead atoms. The van der Waals surface area contributed by atoms with Gasteiger partial charge in [-0.25, -0.2) is 0 Å². The van der Waals surface area contributed by atoms with Crippen molar-refractivity contribution in [1.82, 2.24) is 9.55 Å². The Balaban J connectivity index is 1.38. The van der Waals surface area contributed by atoms with Crippen molar-refractivity contribution >= 4 is 78.8 Å². The topological polar surface area (TPSA) is 52.0 Å². The maximum atomic E-state index is 15.6. The van der Waals surface area contributed by atoms with Gasteiger partial charge in [0.15, 0.2) is 14.3 Å². The molecule has 0 spiro atoms. The second-order valence-electron chi connectivity index (χ2n) is 12.6. The first-order chi connectivity index (χ1) is 25.1. The van der Waals surface area contributed by atoms with Crippen molar-refractivity contribution in [2.75, 3.05) is 0 Å². The molecule has 0 saturated heterocycles. The maximum Gasteiger partial charge on any atom is 0.171 e. The van der Waals surface area contributed by atoms with Gasteiger partial charge in [-0.3, -0.25) is 4.98 Å². The number of fused-ring (bicyclic) bond motifs is 4. The van der Waals surface area contributed by atoms with Crippen LogP contribution < -0.4 is 31.8 Å². The number of hydrogen-bond acceptors (Lipinski definition) is 3. The minimum atomic E-state index is -3.27. The monoisotopic (exact) mass is 694 g/mol. The van der Waals surface area contributed by atoms with Crippen LogP contribution in [0.5, 0.6) is 0 Å². The van der Waals surface area contributed by atoms with E-state index >= 15 is 9.13 Å². The summed E-state index contributed by atoms with van der Waals surface area (Å²) in [5, 5.41) is 7.47. The van der Waals surface area contributed by atoms with Crippen LogP contribution in [0.2, 0.25) is 0 Å². The molecule has 0 saturated carbocycles. The SMILES string of the molecule is O=P(c1ccccc1)(c1ccccc1)c1ccc2c(c1)c1cc(P(=O)(c3ccccc3)c3ccccc3)ccc1n2-c1ccnc2ccccc12. The van der Waals surface area contributed by atoms with Gasteiger partial charge in [0.05, 0.1) is 22.2 Å². The molecule has 0 aliphatic carbocycles. The van der Waals surface area contributed by atoms with Gasteiger partial charge in [-0.2, -0.15) is 0 Å². The van der Waals surface area contributed by atoms with Gasteiger partial charge in [-0.05, 0) is 48.5 Å². The molecule has 0 radical (unpaired) electrons. The average molecular weight is 695 g/mol. The summed E-state index contributed by atoms with van der Waals surface area (Å²) in [6, 6.07) is 61.6. The summed E-state index contributed by atoms with van der Waals surface area (Å²) in [6.45, 7) is 0. The molecule has 0 aliphatic heterocycles. The molecule has 4 nitrogen and oxygen atoms in total. The quantitative estimate of drug-likeness (QED) is 0.157. The Hall–Kier alpha value is -5.79. The summed E-state index contributed by atoms with van der Waals surface area (Å²) in [5.41, 5.74) is 3.81. The summed E-state index contributed by atoms with van der Waals surface area (Å²) >= 11 is 0. The zero-order valence-corrected chi connectivity index (χ0v) is 29.4. The van der Waals surface area contributed by atoms with Crippen LogP contribution >= 0.6 is 14.3 Å². The first-order valence-corrected chi connectivity index (χ1v) is 20.3. The maximum absolute atomic E-state index is 15.6. The first-order valence-electron chi connectivity index (χ1n) is 16.9. The summed E-state index contributed by atoms with van der Waals surface area (Å²) in [4.78, 5) is 4.65. The molecule has 0 atom stereocenters. The van der Waals surface area contributed by atoms with E-state index in [-0.39, 0.29) is 0 Å². The zero-order valence-electron chi connectivity index (χ0n) is 27.6. The van der Waals surface area contributed by atoms with Gasteiger partial charge in [0.1, 0.15) is 0 Å². The van der Waals surface area contributed by atoms with E-state index in [2.05, 4.69) is 39.9 Å². The smallest absolute Gasteiger partial charge is 0.171 e. The van der Waals surface area contributed by atoms with Crippen LogP contribution in [-0.2, 0) is 9.13 Å². The van der Waals surface area contributed by atoms with Crippen molar-refractivity contribution in [1.29, 1.82) is 0 Å². The van der Waals surface area contributed by atoms with Gasteiger partial charge < -0.3 is 13.7 Å². The van der Waals surface area contributed by atoms with Crippen LogP contribution in [0.1, 0.15) is 0 Å². The highest BCUT2D eigenvalue weighted by molar-refractivity contribution is 7.85. The van der Waals surface area contributed by atoms with E-state index in [9.17, 15) is 0 Å². The molecule has 7 aromatic carbocycles. The molecule has 2 aromatic heterocycles. The summed E-state index contributed by atoms with van der Waals surface area (Å²) < 4.78 is 33.4. The second kappa shape index (κ2) is 12.5. The molecular formula is C45H32N2O2P2. The highest BCUT2D eigenvalue weighted by Crippen LogP contribution is 2.46. The van der Waals surface area contributed by atoms with Crippen molar-refractivity contribution in [3.05, 3.63) is 194 Å². The number of pyridine rings is 1. The highest BCUT2D eigenvalue weighted by Gasteiger charge is 2.32. The lowest BCUT2D eigenvalue weighted by atomic mass is 10.1. The van der Waals surface area contributed by atoms with E-state index < -0.39 is 14.3 Å². The molecule has 244 valence electrons. The van der Waals surface area contributed by atoms with Crippen LogP contribution in [0.25, 0.3) is 38.4 Å². The van der Waals surface area contributed by atoms with E-state index in [1.165, 1.54) is 0 Å². The largest absolute Gasteiger partial charge is 0.309 e. The second-order valence-corrected chi connectivity index (χ2v) is 18.2. The van der Waals surface area contributed by atoms with Crippen LogP contribution in [0.15, 0.2) is 194 Å². The predicted molar refractivity (Wildman–Crippen MR) is 215 cm³/mol. The Morgan fingerprint density at radius 1 is 0.373 bits per heavy atom. The van der Waals surface area contributed by atoms with Crippen molar-refractivity contribution in [2.24, 2.45) is 0 Å². The summed E-state index contributed by atoms with van der Waals surface area (Å²) in [6.07, 6.45) is 1.84. The number of nitrogens with zero attached hydrogens (tertiary/aromatic N) is 2. The molecule has 9 rings (SSSR count). The summed E-state index contributed by atoms with van der Waals surface area (Å²) in [5.74, 6) is 0. The minimum absolute atomic E-state index is 0.741. The Kier molecular flexibility index (Phi) is 7.66. The molecule has 0 N–H and O–H groups in total. The number of benzene rings is 7. The Bertz CT molecular complexity index is 2550. The lowest BCUT2D eigenvalue weighted by Gasteiger charge is -2.20. The standard InChI is InChI=1S/C45H32N2O2P2/c48-50(33-15-5-1-6-16-33,34-17-7-2-8-18-34)37-25-27-43-40(31-37)41-32-38(51(49,35-19-9-3-10-20-35)36-21-11-4-12-22-36)26-28-44(41)47(43)45-29-30-46-42-24-14-13-23-39(42)45/h1-32H. The van der Waals surface area contributed by atoms with E-state index in [0.29, 0.717) is 0 Å². The lowest BCUT2D eigenvalue weighted by Crippen LogP contribution is -2.25. The van der Waals surface area contributed by atoms with Gasteiger partial charge in [0.25, 0.3) is 0 Å². The lowest BCUT2D eigenvalue weighted by molar-refractivity contribution is 0.591. The fourth-order valence-corrected chi connectivity index (χ4v) is 12.7. The van der Waals surface area contributed by atoms with Gasteiger partial charge in [0.2, 0.25) is 0 Å². The minimum Gasteiger partial charge on any atom is -0.309 e. The van der Waals surface area contributed by atoms with E-state index in [1.807, 2.05) is 164 Å². The zero-order chi connectivity index (χ0) is 34.4. The van der Waals surface area contributed by atoms with E-state index in [1.54, 1.807) is 0 Å². The first kappa shape index (κ1) is 31.2. The third-order valence-electron chi connectivity index (χ3n) is 9.81. The Morgan fingerprint density at radius 2 is 0.765 bits per heavy atom. The third kappa shape index (κ3) is 5.02. The summed E-state index contributed by atoms with van der Waals surface area (Å²) in [7, 11) is -6.55. The van der Waals surface area contributed by atoms with E-state index in [0.717, 1.165) is 70.2 Å². The Labute approximate surface area is 296 Å². The molecule has 0 amide bonds. The van der Waals surface area contributed by atoms with Gasteiger partial charge in [-0.1, -0.05) is 140 Å². The van der Waals surface area contributed by atoms with Gasteiger partial charge in [-0.15, -0.1) is 0 Å². The number of aromatic nitrogens is 2. The fourth-order valence-electron chi connectivity index (χ4n) is 7.37. The van der Waals surface area contributed by atoms with Crippen LogP contribution in [-0.4, -0.2) is 9.55 Å². The predicted octanol–water partition coefficient (Wildman–Crippen LogP) is 8.61. The average Bonchev–Trinajstić information content (AvgIpc) is 3.54. The number of rotatable bonds is 7. The molecule has 0 aliphatic rings. The molecular weight excluding hydrogens is 662 g/mol. The third-order valence-corrected chi connectivity index (χ3v) is 15.9. The van der Waals surface area contributed by atoms with Crippen molar-refractivity contribution in [3.63, 3.8) is 0 Å². The molecule has 9 aromatic rings. The Morgan fingerprint density at radius 3 is 1.20 bits per heavy atom. The van der Waals surface area contributed by atoms with Crippen molar-refractivity contribution in [2.45, 2.75) is 0 Å². The molecule has 2 heterocycles. The normalized spacial score (nSPS) is 12.1. The molecule has 0 fully saturated rings. The van der Waals surface area contributed by atoms with Gasteiger partial charge in [0, 0.05) is 54.2 Å². The van der Waals surface area contributed by atoms with Crippen molar-refractivity contribution < 1.29 is 9.13 Å². The van der Waals surface area contributed by atoms with Crippen LogP contribution in [0.3, 0.4) is 0 Å². The number of hydrogen-bond donors (Lipinski definition) is 0. The van der Waals surface area contributed by atoms with Crippen LogP contribution in [0.4, 0.5) is 0 Å². The molecule has 6 heteroatoms. The van der Waals surface area contributed by atoms with Crippen LogP contribution in [0, 0.1) is 0 Å². The molecule has 51 heavy (non-hydrogen) atoms. The van der Waals surface area contributed by atoms with Gasteiger partial charge >= 0.3 is 0 Å². The van der Waals surface area contributed by atoms with E-state index in [4.69, 9.17) is 0 Å². The number of para-hydroxylation sites is 1. The molecule has 0 unspecified atom stereocenters.